The predicted molar refractivity (Wildman–Crippen MR) is 158 cm³/mol. The van der Waals surface area contributed by atoms with Crippen LogP contribution in [0.2, 0.25) is 0 Å². The first-order valence-corrected chi connectivity index (χ1v) is 17.3. The first-order valence-electron chi connectivity index (χ1n) is 15.9. The van der Waals surface area contributed by atoms with E-state index in [1.165, 1.54) is 121 Å². The highest BCUT2D eigenvalue weighted by atomic mass is 32.2. The Hall–Kier alpha value is -0.910. The normalized spacial score (nSPS) is 11.9. The summed E-state index contributed by atoms with van der Waals surface area (Å²) in [6, 6.07) is 3.49. The van der Waals surface area contributed by atoms with E-state index < -0.39 is 10.1 Å². The van der Waals surface area contributed by atoms with Crippen LogP contribution < -0.4 is 5.32 Å². The van der Waals surface area contributed by atoms with E-state index in [2.05, 4.69) is 13.8 Å². The molecule has 0 unspecified atom stereocenters. The Morgan fingerprint density at radius 1 is 0.595 bits per heavy atom. The second-order valence-electron chi connectivity index (χ2n) is 11.0. The van der Waals surface area contributed by atoms with E-state index in [4.69, 9.17) is 0 Å². The van der Waals surface area contributed by atoms with Gasteiger partial charge in [-0.2, -0.15) is 0 Å². The molecule has 0 spiro atoms. The Kier molecular flexibility index (Phi) is 20.3. The number of nitrogens with two attached hydrogens (primary N) is 1. The van der Waals surface area contributed by atoms with Gasteiger partial charge in [0.1, 0.15) is 15.0 Å². The van der Waals surface area contributed by atoms with Crippen molar-refractivity contribution in [1.82, 2.24) is 0 Å². The molecule has 37 heavy (non-hydrogen) atoms. The molecule has 5 heteroatoms. The SMILES string of the molecule is CCCCCCCCCCCCc1ccc(S(=O)(=O)[O-])c([NH2+]CC)c1CCCCCCCCCCCC. The second-order valence-corrected chi connectivity index (χ2v) is 12.4. The minimum atomic E-state index is -4.47. The molecule has 1 aromatic rings. The van der Waals surface area contributed by atoms with Crippen molar-refractivity contribution in [1.29, 1.82) is 0 Å². The number of aryl methyl sites for hydroxylation is 1. The summed E-state index contributed by atoms with van der Waals surface area (Å²) >= 11 is 0. The number of hydrogen-bond donors (Lipinski definition) is 1. The Morgan fingerprint density at radius 2 is 1.00 bits per heavy atom. The van der Waals surface area contributed by atoms with E-state index in [0.717, 1.165) is 37.8 Å². The van der Waals surface area contributed by atoms with Gasteiger partial charge in [-0.1, -0.05) is 135 Å². The quantitative estimate of drug-likeness (QED) is 0.0769. The fourth-order valence-corrected chi connectivity index (χ4v) is 6.17. The van der Waals surface area contributed by atoms with Crippen LogP contribution in [-0.4, -0.2) is 19.5 Å². The van der Waals surface area contributed by atoms with Crippen molar-refractivity contribution in [3.05, 3.63) is 23.3 Å². The Morgan fingerprint density at radius 3 is 1.41 bits per heavy atom. The summed E-state index contributed by atoms with van der Waals surface area (Å²) in [5.41, 5.74) is 3.06. The maximum atomic E-state index is 12.0. The molecule has 2 N–H and O–H groups in total. The van der Waals surface area contributed by atoms with Crippen LogP contribution in [0, 0.1) is 0 Å². The smallest absolute Gasteiger partial charge is 0.150 e. The molecular weight excluding hydrogens is 478 g/mol. The lowest BCUT2D eigenvalue weighted by Gasteiger charge is -2.18. The molecule has 1 aromatic carbocycles. The van der Waals surface area contributed by atoms with Crippen LogP contribution in [0.5, 0.6) is 0 Å². The minimum Gasteiger partial charge on any atom is -0.744 e. The van der Waals surface area contributed by atoms with Crippen LogP contribution in [0.3, 0.4) is 0 Å². The van der Waals surface area contributed by atoms with Gasteiger partial charge in [-0.05, 0) is 44.2 Å². The lowest BCUT2D eigenvalue weighted by molar-refractivity contribution is -0.570. The van der Waals surface area contributed by atoms with E-state index in [-0.39, 0.29) is 4.90 Å². The van der Waals surface area contributed by atoms with Crippen LogP contribution in [0.15, 0.2) is 17.0 Å². The molecule has 0 aliphatic rings. The van der Waals surface area contributed by atoms with E-state index in [1.54, 1.807) is 6.07 Å². The third-order valence-electron chi connectivity index (χ3n) is 7.67. The van der Waals surface area contributed by atoms with Crippen LogP contribution in [-0.2, 0) is 23.0 Å². The Labute approximate surface area is 230 Å². The van der Waals surface area contributed by atoms with E-state index >= 15 is 0 Å². The zero-order valence-electron chi connectivity index (χ0n) is 24.6. The lowest BCUT2D eigenvalue weighted by atomic mass is 9.94. The summed E-state index contributed by atoms with van der Waals surface area (Å²) in [6.07, 6.45) is 27.8. The molecule has 0 aromatic heterocycles. The van der Waals surface area contributed by atoms with Crippen LogP contribution in [0.1, 0.15) is 160 Å². The van der Waals surface area contributed by atoms with Gasteiger partial charge in [0.05, 0.1) is 6.54 Å². The first-order chi connectivity index (χ1) is 18.0. The molecule has 0 heterocycles. The maximum absolute atomic E-state index is 12.0. The largest absolute Gasteiger partial charge is 0.744 e. The average molecular weight is 538 g/mol. The van der Waals surface area contributed by atoms with Crippen molar-refractivity contribution in [2.45, 2.75) is 167 Å². The monoisotopic (exact) mass is 537 g/mol. The summed E-state index contributed by atoms with van der Waals surface area (Å²) in [7, 11) is -4.47. The zero-order chi connectivity index (χ0) is 27.2. The molecule has 0 atom stereocenters. The molecule has 0 fully saturated rings. The molecule has 0 aliphatic carbocycles. The number of rotatable bonds is 25. The van der Waals surface area contributed by atoms with Crippen LogP contribution in [0.4, 0.5) is 5.69 Å². The van der Waals surface area contributed by atoms with Gasteiger partial charge in [-0.25, -0.2) is 8.42 Å². The topological polar surface area (TPSA) is 73.8 Å². The average Bonchev–Trinajstić information content (AvgIpc) is 2.86. The highest BCUT2D eigenvalue weighted by Crippen LogP contribution is 2.28. The number of unbranched alkanes of at least 4 members (excludes halogenated alkanes) is 18. The van der Waals surface area contributed by atoms with Gasteiger partial charge in [0.25, 0.3) is 0 Å². The summed E-state index contributed by atoms with van der Waals surface area (Å²) in [5, 5.41) is 1.96. The fraction of sp³-hybridized carbons (Fsp3) is 0.812. The molecule has 0 saturated heterocycles. The second kappa shape index (κ2) is 22.0. The van der Waals surface area contributed by atoms with Gasteiger partial charge in [0.15, 0.2) is 5.69 Å². The molecule has 4 nitrogen and oxygen atoms in total. The predicted octanol–water partition coefficient (Wildman–Crippen LogP) is 8.73. The molecule has 0 aliphatic heterocycles. The zero-order valence-corrected chi connectivity index (χ0v) is 25.4. The minimum absolute atomic E-state index is 0.0248. The highest BCUT2D eigenvalue weighted by Gasteiger charge is 2.20. The van der Waals surface area contributed by atoms with Gasteiger partial charge < -0.3 is 9.87 Å². The van der Waals surface area contributed by atoms with E-state index in [0.29, 0.717) is 5.69 Å². The molecule has 0 bridgehead atoms. The van der Waals surface area contributed by atoms with Crippen molar-refractivity contribution in [3.8, 4) is 0 Å². The van der Waals surface area contributed by atoms with Crippen LogP contribution >= 0.6 is 0 Å². The summed E-state index contributed by atoms with van der Waals surface area (Å²) in [6.45, 7) is 7.27. The van der Waals surface area contributed by atoms with E-state index in [1.807, 2.05) is 18.3 Å². The standard InChI is InChI=1S/C32H59NO3S/c1-4-7-9-11-13-15-17-19-21-23-25-29-27-28-31(37(34,35)36)32(33-6-3)30(29)26-24-22-20-18-16-14-12-10-8-5-2/h27-28,33H,4-26H2,1-3H3,(H,34,35,36). The molecule has 0 amide bonds. The summed E-state index contributed by atoms with van der Waals surface area (Å²) in [5.74, 6) is 0. The molecule has 216 valence electrons. The lowest BCUT2D eigenvalue weighted by Crippen LogP contribution is -2.78. The van der Waals surface area contributed by atoms with Crippen molar-refractivity contribution >= 4 is 15.8 Å². The molecular formula is C32H59NO3S. The highest BCUT2D eigenvalue weighted by molar-refractivity contribution is 7.85. The van der Waals surface area contributed by atoms with Gasteiger partial charge >= 0.3 is 0 Å². The fourth-order valence-electron chi connectivity index (χ4n) is 5.46. The molecule has 1 rings (SSSR count). The summed E-state index contributed by atoms with van der Waals surface area (Å²) < 4.78 is 36.0. The number of benzene rings is 1. The summed E-state index contributed by atoms with van der Waals surface area (Å²) in [4.78, 5) is -0.0248. The first kappa shape index (κ1) is 34.1. The Balaban J connectivity index is 2.60. The van der Waals surface area contributed by atoms with Gasteiger partial charge in [0, 0.05) is 5.56 Å². The number of hydrogen-bond acceptors (Lipinski definition) is 3. The number of quaternary nitrogens is 1. The van der Waals surface area contributed by atoms with Gasteiger partial charge in [-0.15, -0.1) is 0 Å². The molecule has 0 saturated carbocycles. The van der Waals surface area contributed by atoms with Gasteiger partial charge in [-0.3, -0.25) is 0 Å². The van der Waals surface area contributed by atoms with Crippen LogP contribution in [0.25, 0.3) is 0 Å². The van der Waals surface area contributed by atoms with Crippen molar-refractivity contribution in [2.24, 2.45) is 0 Å². The Bertz CT molecular complexity index is 791. The third-order valence-corrected chi connectivity index (χ3v) is 8.57. The van der Waals surface area contributed by atoms with Crippen molar-refractivity contribution in [3.63, 3.8) is 0 Å². The molecule has 0 radical (unpaired) electrons. The van der Waals surface area contributed by atoms with Crippen molar-refractivity contribution in [2.75, 3.05) is 6.54 Å². The van der Waals surface area contributed by atoms with E-state index in [9.17, 15) is 13.0 Å². The third kappa shape index (κ3) is 15.9. The van der Waals surface area contributed by atoms with Gasteiger partial charge in [0.2, 0.25) is 0 Å². The maximum Gasteiger partial charge on any atom is 0.150 e. The van der Waals surface area contributed by atoms with Crippen molar-refractivity contribution < 1.29 is 18.3 Å².